The maximum atomic E-state index is 5.63. The minimum Gasteiger partial charge on any atom is -0.330 e. The molecule has 1 aromatic rings. The van der Waals surface area contributed by atoms with E-state index in [4.69, 9.17) is 5.73 Å². The highest BCUT2D eigenvalue weighted by atomic mass is 15.2. The van der Waals surface area contributed by atoms with Crippen molar-refractivity contribution >= 4 is 0 Å². The number of nitrogens with two attached hydrogens (primary N) is 1. The smallest absolute Gasteiger partial charge is 0.150 e. The first kappa shape index (κ1) is 14.2. The highest BCUT2D eigenvalue weighted by Crippen LogP contribution is 2.16. The Hall–Kier alpha value is -0.900. The maximum absolute atomic E-state index is 5.63. The Bertz CT molecular complexity index is 289. The zero-order valence-electron chi connectivity index (χ0n) is 11.2. The molecule has 3 N–H and O–H groups in total. The summed E-state index contributed by atoms with van der Waals surface area (Å²) in [4.78, 5) is 4.49. The third-order valence-corrected chi connectivity index (χ3v) is 3.11. The van der Waals surface area contributed by atoms with E-state index in [9.17, 15) is 0 Å². The zero-order chi connectivity index (χ0) is 12.5. The molecule has 0 aliphatic heterocycles. The molecule has 0 radical (unpaired) electrons. The van der Waals surface area contributed by atoms with Gasteiger partial charge in [-0.25, -0.2) is 4.98 Å². The number of hydrogen-bond donors (Lipinski definition) is 2. The topological polar surface area (TPSA) is 67.6 Å². The van der Waals surface area contributed by atoms with E-state index >= 15 is 0 Å². The summed E-state index contributed by atoms with van der Waals surface area (Å²) in [5, 5.41) is 7.27. The van der Waals surface area contributed by atoms with Gasteiger partial charge in [0.05, 0.1) is 0 Å². The van der Waals surface area contributed by atoms with E-state index in [1.807, 2.05) is 0 Å². The van der Waals surface area contributed by atoms with Gasteiger partial charge in [0.25, 0.3) is 0 Å². The van der Waals surface area contributed by atoms with Crippen LogP contribution in [0.2, 0.25) is 0 Å². The van der Waals surface area contributed by atoms with Crippen LogP contribution >= 0.6 is 0 Å². The lowest BCUT2D eigenvalue weighted by Gasteiger charge is -2.13. The summed E-state index contributed by atoms with van der Waals surface area (Å²) in [6.07, 6.45) is 7.87. The quantitative estimate of drug-likeness (QED) is 0.694. The van der Waals surface area contributed by atoms with Crippen molar-refractivity contribution < 1.29 is 0 Å². The molecule has 1 atom stereocenters. The largest absolute Gasteiger partial charge is 0.330 e. The zero-order valence-corrected chi connectivity index (χ0v) is 11.2. The fraction of sp³-hybridized carbons (Fsp3) is 0.846. The van der Waals surface area contributed by atoms with Crippen LogP contribution in [-0.4, -0.2) is 21.7 Å². The first-order chi connectivity index (χ1) is 8.30. The monoisotopic (exact) mass is 238 g/mol. The molecule has 0 bridgehead atoms. The number of aromatic nitrogens is 3. The van der Waals surface area contributed by atoms with Crippen LogP contribution < -0.4 is 5.73 Å². The SMILES string of the molecule is CCCc1nc(CCC(CCC)CCN)n[nH]1. The summed E-state index contributed by atoms with van der Waals surface area (Å²) < 4.78 is 0. The lowest BCUT2D eigenvalue weighted by atomic mass is 9.94. The normalized spacial score (nSPS) is 12.9. The molecule has 4 heteroatoms. The maximum Gasteiger partial charge on any atom is 0.150 e. The van der Waals surface area contributed by atoms with E-state index in [-0.39, 0.29) is 0 Å². The van der Waals surface area contributed by atoms with Crippen molar-refractivity contribution in [3.05, 3.63) is 11.6 Å². The van der Waals surface area contributed by atoms with Crippen LogP contribution in [-0.2, 0) is 12.8 Å². The lowest BCUT2D eigenvalue weighted by Crippen LogP contribution is -2.10. The van der Waals surface area contributed by atoms with Gasteiger partial charge < -0.3 is 5.73 Å². The summed E-state index contributed by atoms with van der Waals surface area (Å²) in [5.41, 5.74) is 5.63. The fourth-order valence-electron chi connectivity index (χ4n) is 2.21. The van der Waals surface area contributed by atoms with E-state index < -0.39 is 0 Å². The van der Waals surface area contributed by atoms with Crippen LogP contribution in [0.3, 0.4) is 0 Å². The Balaban J connectivity index is 2.35. The summed E-state index contributed by atoms with van der Waals surface area (Å²) >= 11 is 0. The van der Waals surface area contributed by atoms with Crippen LogP contribution in [0.1, 0.15) is 57.6 Å². The highest BCUT2D eigenvalue weighted by Gasteiger charge is 2.09. The molecule has 17 heavy (non-hydrogen) atoms. The molecule has 1 aromatic heterocycles. The van der Waals surface area contributed by atoms with Crippen molar-refractivity contribution in [3.63, 3.8) is 0 Å². The van der Waals surface area contributed by atoms with Gasteiger partial charge in [-0.15, -0.1) is 0 Å². The van der Waals surface area contributed by atoms with Gasteiger partial charge in [-0.05, 0) is 31.7 Å². The van der Waals surface area contributed by atoms with Crippen LogP contribution in [0.15, 0.2) is 0 Å². The standard InChI is InChI=1S/C13H26N4/c1-3-5-11(9-10-14)7-8-13-15-12(6-4-2)16-17-13/h11H,3-10,14H2,1-2H3,(H,15,16,17). The summed E-state index contributed by atoms with van der Waals surface area (Å²) in [7, 11) is 0. The predicted octanol–water partition coefficient (Wildman–Crippen LogP) is 2.45. The van der Waals surface area contributed by atoms with E-state index in [0.717, 1.165) is 56.2 Å². The van der Waals surface area contributed by atoms with Crippen LogP contribution in [0, 0.1) is 5.92 Å². The van der Waals surface area contributed by atoms with Crippen molar-refractivity contribution in [2.24, 2.45) is 11.7 Å². The molecule has 0 saturated heterocycles. The van der Waals surface area contributed by atoms with Gasteiger partial charge in [0.1, 0.15) is 5.82 Å². The Morgan fingerprint density at radius 2 is 1.94 bits per heavy atom. The number of aromatic amines is 1. The van der Waals surface area contributed by atoms with Gasteiger partial charge in [0.15, 0.2) is 5.82 Å². The molecule has 0 fully saturated rings. The van der Waals surface area contributed by atoms with Crippen molar-refractivity contribution in [1.29, 1.82) is 0 Å². The molecule has 4 nitrogen and oxygen atoms in total. The molecule has 0 aliphatic rings. The number of nitrogens with one attached hydrogen (secondary N) is 1. The van der Waals surface area contributed by atoms with Crippen LogP contribution in [0.5, 0.6) is 0 Å². The van der Waals surface area contributed by atoms with E-state index in [1.165, 1.54) is 12.8 Å². The van der Waals surface area contributed by atoms with Crippen molar-refractivity contribution in [2.75, 3.05) is 6.54 Å². The molecule has 1 rings (SSSR count). The van der Waals surface area contributed by atoms with E-state index in [0.29, 0.717) is 0 Å². The summed E-state index contributed by atoms with van der Waals surface area (Å²) in [6.45, 7) is 5.18. The van der Waals surface area contributed by atoms with Gasteiger partial charge in [-0.2, -0.15) is 5.10 Å². The number of aryl methyl sites for hydroxylation is 2. The van der Waals surface area contributed by atoms with Crippen molar-refractivity contribution in [3.8, 4) is 0 Å². The molecule has 0 amide bonds. The molecule has 1 unspecified atom stereocenters. The molecule has 0 aromatic carbocycles. The molecular formula is C13H26N4. The number of H-pyrrole nitrogens is 1. The van der Waals surface area contributed by atoms with Crippen molar-refractivity contribution in [2.45, 2.75) is 58.8 Å². The summed E-state index contributed by atoms with van der Waals surface area (Å²) in [5.74, 6) is 2.72. The molecular weight excluding hydrogens is 212 g/mol. The number of hydrogen-bond acceptors (Lipinski definition) is 3. The Kier molecular flexibility index (Phi) is 6.86. The third-order valence-electron chi connectivity index (χ3n) is 3.11. The molecule has 0 spiro atoms. The minimum absolute atomic E-state index is 0.734. The Morgan fingerprint density at radius 1 is 1.12 bits per heavy atom. The van der Waals surface area contributed by atoms with E-state index in [1.54, 1.807) is 0 Å². The average molecular weight is 238 g/mol. The second-order valence-corrected chi connectivity index (χ2v) is 4.72. The Morgan fingerprint density at radius 3 is 2.59 bits per heavy atom. The molecule has 0 saturated carbocycles. The van der Waals surface area contributed by atoms with E-state index in [2.05, 4.69) is 29.0 Å². The van der Waals surface area contributed by atoms with Gasteiger partial charge in [-0.3, -0.25) is 5.10 Å². The third kappa shape index (κ3) is 5.31. The predicted molar refractivity (Wildman–Crippen MR) is 70.8 cm³/mol. The van der Waals surface area contributed by atoms with Crippen molar-refractivity contribution in [1.82, 2.24) is 15.2 Å². The first-order valence-corrected chi connectivity index (χ1v) is 6.90. The first-order valence-electron chi connectivity index (χ1n) is 6.90. The van der Waals surface area contributed by atoms with Gasteiger partial charge >= 0.3 is 0 Å². The molecule has 0 aliphatic carbocycles. The molecule has 98 valence electrons. The highest BCUT2D eigenvalue weighted by molar-refractivity contribution is 4.90. The minimum atomic E-state index is 0.734. The average Bonchev–Trinajstić information content (AvgIpc) is 2.75. The van der Waals surface area contributed by atoms with Crippen LogP contribution in [0.25, 0.3) is 0 Å². The molecule has 1 heterocycles. The summed E-state index contributed by atoms with van der Waals surface area (Å²) in [6, 6.07) is 0. The van der Waals surface area contributed by atoms with Gasteiger partial charge in [-0.1, -0.05) is 26.7 Å². The van der Waals surface area contributed by atoms with Gasteiger partial charge in [0, 0.05) is 12.8 Å². The lowest BCUT2D eigenvalue weighted by molar-refractivity contribution is 0.417. The second kappa shape index (κ2) is 8.23. The second-order valence-electron chi connectivity index (χ2n) is 4.72. The Labute approximate surface area is 104 Å². The fourth-order valence-corrected chi connectivity index (χ4v) is 2.21. The van der Waals surface area contributed by atoms with Gasteiger partial charge in [0.2, 0.25) is 0 Å². The number of rotatable bonds is 9. The number of nitrogens with zero attached hydrogens (tertiary/aromatic N) is 2. The van der Waals surface area contributed by atoms with Crippen LogP contribution in [0.4, 0.5) is 0 Å².